The lowest BCUT2D eigenvalue weighted by atomic mass is 9.93. The van der Waals surface area contributed by atoms with Crippen LogP contribution in [0.15, 0.2) is 170 Å². The number of hydrogen-bond donors (Lipinski definition) is 0. The number of fused-ring (bicyclic) bond motifs is 1. The molecule has 7 aromatic carbocycles. The molecule has 0 heterocycles. The molecule has 0 saturated heterocycles. The van der Waals surface area contributed by atoms with Gasteiger partial charge in [0.15, 0.2) is 0 Å². The molecule has 0 atom stereocenters. The Balaban J connectivity index is 1.28. The van der Waals surface area contributed by atoms with E-state index < -0.39 is 0 Å². The van der Waals surface area contributed by atoms with Gasteiger partial charge in [-0.1, -0.05) is 133 Å². The van der Waals surface area contributed by atoms with Crippen molar-refractivity contribution in [3.63, 3.8) is 0 Å². The minimum Gasteiger partial charge on any atom is -0.310 e. The monoisotopic (exact) mass is 533 g/mol. The lowest BCUT2D eigenvalue weighted by molar-refractivity contribution is 1.29. The van der Waals surface area contributed by atoms with Gasteiger partial charge in [-0.25, -0.2) is 0 Å². The first-order valence-electron chi connectivity index (χ1n) is 14.2. The molecule has 42 heavy (non-hydrogen) atoms. The molecule has 0 unspecified atom stereocenters. The first-order valence-corrected chi connectivity index (χ1v) is 14.2. The van der Waals surface area contributed by atoms with E-state index in [-0.39, 0.29) is 0 Å². The van der Waals surface area contributed by atoms with Crippen molar-refractivity contribution >= 4 is 41.1 Å². The van der Waals surface area contributed by atoms with Gasteiger partial charge in [-0.2, -0.15) is 0 Å². The molecule has 0 bridgehead atoms. The minimum absolute atomic E-state index is 0.774. The normalized spacial score (nSPS) is 11.0. The third-order valence-corrected chi connectivity index (χ3v) is 7.77. The van der Waals surface area contributed by atoms with Crippen LogP contribution in [0.4, 0.5) is 17.1 Å². The molecule has 7 rings (SSSR count). The van der Waals surface area contributed by atoms with Gasteiger partial charge in [0.2, 0.25) is 0 Å². The quantitative estimate of drug-likeness (QED) is 0.192. The number of hydrogen-bond acceptors (Lipinski definition) is 1. The van der Waals surface area contributed by atoms with E-state index in [4.69, 9.17) is 7.85 Å². The van der Waals surface area contributed by atoms with Gasteiger partial charge in [0.1, 0.15) is 7.85 Å². The van der Waals surface area contributed by atoms with Crippen LogP contribution in [0.2, 0.25) is 0 Å². The molecule has 0 aromatic heterocycles. The van der Waals surface area contributed by atoms with Gasteiger partial charge < -0.3 is 4.90 Å². The number of rotatable bonds is 6. The van der Waals surface area contributed by atoms with E-state index in [1.807, 2.05) is 12.1 Å². The van der Waals surface area contributed by atoms with Gasteiger partial charge in [0.25, 0.3) is 0 Å². The molecular weight excluding hydrogens is 505 g/mol. The smallest absolute Gasteiger partial charge is 0.113 e. The summed E-state index contributed by atoms with van der Waals surface area (Å²) in [7, 11) is 6.06. The van der Waals surface area contributed by atoms with Crippen LogP contribution in [0, 0.1) is 0 Å². The second-order valence-electron chi connectivity index (χ2n) is 10.5. The Kier molecular flexibility index (Phi) is 6.88. The summed E-state index contributed by atoms with van der Waals surface area (Å²) >= 11 is 0. The second-order valence-corrected chi connectivity index (χ2v) is 10.5. The second kappa shape index (κ2) is 11.3. The van der Waals surface area contributed by atoms with Crippen LogP contribution in [0.25, 0.3) is 44.2 Å². The standard InChI is InChI=1S/C40H28BN/c41-37-20-14-36-28-40(25-19-35(36)27-37)42(38-21-15-31(16-22-38)29-8-3-1-4-9-29)39-23-17-32(18-24-39)34-13-7-12-33(26-34)30-10-5-2-6-11-30/h1-28H. The van der Waals surface area contributed by atoms with Crippen LogP contribution >= 0.6 is 0 Å². The number of benzene rings is 7. The summed E-state index contributed by atoms with van der Waals surface area (Å²) in [5, 5.41) is 2.29. The zero-order valence-corrected chi connectivity index (χ0v) is 23.2. The van der Waals surface area contributed by atoms with Crippen molar-refractivity contribution in [1.82, 2.24) is 0 Å². The summed E-state index contributed by atoms with van der Waals surface area (Å²) in [6.45, 7) is 0. The topological polar surface area (TPSA) is 3.24 Å². The Morgan fingerprint density at radius 2 is 0.738 bits per heavy atom. The van der Waals surface area contributed by atoms with Gasteiger partial charge in [0.05, 0.1) is 0 Å². The Hall–Kier alpha value is -5.34. The summed E-state index contributed by atoms with van der Waals surface area (Å²) in [5.41, 5.74) is 11.3. The van der Waals surface area contributed by atoms with E-state index >= 15 is 0 Å². The lowest BCUT2D eigenvalue weighted by Crippen LogP contribution is -2.10. The molecule has 0 amide bonds. The molecule has 1 nitrogen and oxygen atoms in total. The maximum Gasteiger partial charge on any atom is 0.113 e. The highest BCUT2D eigenvalue weighted by Gasteiger charge is 2.14. The first kappa shape index (κ1) is 25.6. The van der Waals surface area contributed by atoms with Crippen LogP contribution in [-0.4, -0.2) is 7.85 Å². The highest BCUT2D eigenvalue weighted by Crippen LogP contribution is 2.38. The zero-order valence-electron chi connectivity index (χ0n) is 23.2. The molecular formula is C40H28BN. The lowest BCUT2D eigenvalue weighted by Gasteiger charge is -2.26. The fourth-order valence-corrected chi connectivity index (χ4v) is 5.58. The van der Waals surface area contributed by atoms with Crippen molar-refractivity contribution in [3.05, 3.63) is 170 Å². The molecule has 2 heteroatoms. The van der Waals surface area contributed by atoms with Crippen molar-refractivity contribution in [3.8, 4) is 33.4 Å². The molecule has 0 aliphatic heterocycles. The van der Waals surface area contributed by atoms with E-state index in [0.717, 1.165) is 33.3 Å². The third kappa shape index (κ3) is 5.23. The Morgan fingerprint density at radius 3 is 1.33 bits per heavy atom. The van der Waals surface area contributed by atoms with E-state index in [9.17, 15) is 0 Å². The Labute approximate surface area is 248 Å². The van der Waals surface area contributed by atoms with Gasteiger partial charge in [-0.15, -0.1) is 0 Å². The molecule has 0 saturated carbocycles. The maximum atomic E-state index is 6.06. The third-order valence-electron chi connectivity index (χ3n) is 7.77. The van der Waals surface area contributed by atoms with E-state index in [0.29, 0.717) is 0 Å². The number of anilines is 3. The molecule has 7 aromatic rings. The first-order chi connectivity index (χ1) is 20.7. The molecule has 0 fully saturated rings. The molecule has 196 valence electrons. The van der Waals surface area contributed by atoms with Crippen molar-refractivity contribution in [2.45, 2.75) is 0 Å². The predicted molar refractivity (Wildman–Crippen MR) is 180 cm³/mol. The van der Waals surface area contributed by atoms with Gasteiger partial charge >= 0.3 is 0 Å². The average molecular weight is 533 g/mol. The SMILES string of the molecule is [B]c1ccc2cc(N(c3ccc(-c4ccccc4)cc3)c3ccc(-c4cccc(-c5ccccc5)c4)cc3)ccc2c1. The van der Waals surface area contributed by atoms with Crippen LogP contribution in [-0.2, 0) is 0 Å². The van der Waals surface area contributed by atoms with Crippen LogP contribution in [0.3, 0.4) is 0 Å². The number of nitrogens with zero attached hydrogens (tertiary/aromatic N) is 1. The predicted octanol–water partition coefficient (Wildman–Crippen LogP) is 10.1. The molecule has 0 aliphatic rings. The Bertz CT molecular complexity index is 1960. The highest BCUT2D eigenvalue weighted by atomic mass is 15.1. The van der Waals surface area contributed by atoms with Crippen molar-refractivity contribution in [1.29, 1.82) is 0 Å². The van der Waals surface area contributed by atoms with Crippen molar-refractivity contribution in [2.24, 2.45) is 0 Å². The zero-order chi connectivity index (χ0) is 28.3. The van der Waals surface area contributed by atoms with Crippen LogP contribution < -0.4 is 10.4 Å². The molecule has 0 spiro atoms. The summed E-state index contributed by atoms with van der Waals surface area (Å²) in [4.78, 5) is 2.31. The molecule has 2 radical (unpaired) electrons. The van der Waals surface area contributed by atoms with Gasteiger partial charge in [-0.3, -0.25) is 0 Å². The summed E-state index contributed by atoms with van der Waals surface area (Å²) in [6.07, 6.45) is 0. The van der Waals surface area contributed by atoms with Gasteiger partial charge in [0, 0.05) is 17.1 Å². The van der Waals surface area contributed by atoms with E-state index in [2.05, 4.69) is 163 Å². The Morgan fingerprint density at radius 1 is 0.310 bits per heavy atom. The largest absolute Gasteiger partial charge is 0.310 e. The highest BCUT2D eigenvalue weighted by molar-refractivity contribution is 6.33. The van der Waals surface area contributed by atoms with Crippen LogP contribution in [0.5, 0.6) is 0 Å². The fourth-order valence-electron chi connectivity index (χ4n) is 5.58. The van der Waals surface area contributed by atoms with E-state index in [1.54, 1.807) is 0 Å². The van der Waals surface area contributed by atoms with Crippen molar-refractivity contribution < 1.29 is 0 Å². The fraction of sp³-hybridized carbons (Fsp3) is 0. The van der Waals surface area contributed by atoms with Crippen molar-refractivity contribution in [2.75, 3.05) is 4.90 Å². The van der Waals surface area contributed by atoms with E-state index in [1.165, 1.54) is 33.4 Å². The summed E-state index contributed by atoms with van der Waals surface area (Å²) in [6, 6.07) is 60.0. The molecule has 0 aliphatic carbocycles. The summed E-state index contributed by atoms with van der Waals surface area (Å²) < 4.78 is 0. The summed E-state index contributed by atoms with van der Waals surface area (Å²) in [5.74, 6) is 0. The average Bonchev–Trinajstić information content (AvgIpc) is 3.06. The minimum atomic E-state index is 0.774. The van der Waals surface area contributed by atoms with Gasteiger partial charge in [-0.05, 0) is 86.6 Å². The maximum absolute atomic E-state index is 6.06. The van der Waals surface area contributed by atoms with Crippen LogP contribution in [0.1, 0.15) is 0 Å². The molecule has 0 N–H and O–H groups in total.